The van der Waals surface area contributed by atoms with Gasteiger partial charge in [0.1, 0.15) is 0 Å². The van der Waals surface area contributed by atoms with Crippen LogP contribution < -0.4 is 15.5 Å². The number of nitrogens with zero attached hydrogens (tertiary/aromatic N) is 1. The Hall–Kier alpha value is -2.11. The van der Waals surface area contributed by atoms with E-state index in [2.05, 4.69) is 15.5 Å². The quantitative estimate of drug-likeness (QED) is 0.601. The molecule has 1 aliphatic heterocycles. The van der Waals surface area contributed by atoms with Gasteiger partial charge in [0.2, 0.25) is 5.91 Å². The molecule has 6 heteroatoms. The number of hydrogen-bond donors (Lipinski definition) is 2. The fourth-order valence-corrected chi connectivity index (χ4v) is 5.25. The molecule has 0 atom stereocenters. The van der Waals surface area contributed by atoms with Gasteiger partial charge in [-0.2, -0.15) is 0 Å². The first kappa shape index (κ1) is 21.1. The van der Waals surface area contributed by atoms with Crippen LogP contribution in [0.25, 0.3) is 0 Å². The van der Waals surface area contributed by atoms with E-state index in [0.717, 1.165) is 55.7 Å². The summed E-state index contributed by atoms with van der Waals surface area (Å²) in [6.45, 7) is 2.09. The third-order valence-electron chi connectivity index (χ3n) is 6.35. The molecule has 1 aliphatic carbocycles. The highest BCUT2D eigenvalue weighted by Gasteiger charge is 2.42. The number of amides is 1. The van der Waals surface area contributed by atoms with Crippen LogP contribution in [0.4, 0.5) is 11.4 Å². The highest BCUT2D eigenvalue weighted by Crippen LogP contribution is 2.41. The van der Waals surface area contributed by atoms with E-state index in [-0.39, 0.29) is 5.91 Å². The Morgan fingerprint density at radius 2 is 1.67 bits per heavy atom. The average molecular weight is 442 g/mol. The van der Waals surface area contributed by atoms with Crippen LogP contribution in [-0.4, -0.2) is 24.1 Å². The minimum atomic E-state index is -0.497. The molecule has 4 rings (SSSR count). The van der Waals surface area contributed by atoms with Crippen molar-refractivity contribution in [2.45, 2.75) is 50.4 Å². The molecule has 2 aromatic rings. The molecule has 158 valence electrons. The van der Waals surface area contributed by atoms with E-state index >= 15 is 0 Å². The van der Waals surface area contributed by atoms with E-state index in [1.165, 1.54) is 19.3 Å². The van der Waals surface area contributed by atoms with E-state index in [1.807, 2.05) is 48.5 Å². The molecule has 1 heterocycles. The minimum Gasteiger partial charge on any atom is -0.370 e. The lowest BCUT2D eigenvalue weighted by Crippen LogP contribution is -2.46. The number of anilines is 2. The molecule has 2 aromatic carbocycles. The van der Waals surface area contributed by atoms with E-state index < -0.39 is 5.41 Å². The van der Waals surface area contributed by atoms with Gasteiger partial charge in [-0.25, -0.2) is 0 Å². The number of thiocarbonyl (C=S) groups is 1. The number of benzene rings is 2. The molecular formula is C24H28ClN3OS. The summed E-state index contributed by atoms with van der Waals surface area (Å²) in [6.07, 6.45) is 7.49. The van der Waals surface area contributed by atoms with E-state index in [9.17, 15) is 4.79 Å². The molecule has 2 aliphatic rings. The summed E-state index contributed by atoms with van der Waals surface area (Å²) < 4.78 is 0. The topological polar surface area (TPSA) is 44.4 Å². The molecule has 1 saturated heterocycles. The van der Waals surface area contributed by atoms with Gasteiger partial charge in [-0.1, -0.05) is 54.8 Å². The first-order valence-electron chi connectivity index (χ1n) is 10.8. The average Bonchev–Trinajstić information content (AvgIpc) is 3.26. The summed E-state index contributed by atoms with van der Waals surface area (Å²) in [5.41, 5.74) is 2.41. The van der Waals surface area contributed by atoms with Gasteiger partial charge in [0, 0.05) is 18.8 Å². The minimum absolute atomic E-state index is 0.0280. The highest BCUT2D eigenvalue weighted by molar-refractivity contribution is 7.80. The van der Waals surface area contributed by atoms with Crippen LogP contribution in [0.15, 0.2) is 48.5 Å². The van der Waals surface area contributed by atoms with E-state index in [1.54, 1.807) is 0 Å². The third kappa shape index (κ3) is 4.47. The van der Waals surface area contributed by atoms with Crippen molar-refractivity contribution in [1.29, 1.82) is 0 Å². The van der Waals surface area contributed by atoms with Crippen molar-refractivity contribution >= 4 is 46.2 Å². The van der Waals surface area contributed by atoms with Crippen molar-refractivity contribution in [2.75, 3.05) is 23.3 Å². The fourth-order valence-electron chi connectivity index (χ4n) is 4.74. The predicted molar refractivity (Wildman–Crippen MR) is 128 cm³/mol. The SMILES string of the molecule is O=C(NC(=S)Nc1ccc(N2CCCCC2)c(Cl)c1)C1(c2ccccc2)CCCC1. The standard InChI is InChI=1S/C24H28ClN3OS/c25-20-17-19(11-12-21(20)28-15-7-2-8-16-28)26-23(30)27-22(29)24(13-5-6-14-24)18-9-3-1-4-10-18/h1,3-4,9-12,17H,2,5-8,13-16H2,(H2,26,27,29,30). The van der Waals surface area contributed by atoms with Gasteiger partial charge in [-0.15, -0.1) is 0 Å². The zero-order chi connectivity index (χ0) is 21.0. The Bertz CT molecular complexity index is 906. The van der Waals surface area contributed by atoms with Crippen LogP contribution in [0, 0.1) is 0 Å². The smallest absolute Gasteiger partial charge is 0.236 e. The van der Waals surface area contributed by atoms with Crippen molar-refractivity contribution < 1.29 is 4.79 Å². The third-order valence-corrected chi connectivity index (χ3v) is 6.85. The molecule has 2 fully saturated rings. The number of carbonyl (C=O) groups is 1. The summed E-state index contributed by atoms with van der Waals surface area (Å²) in [7, 11) is 0. The normalized spacial score (nSPS) is 18.1. The van der Waals surface area contributed by atoms with E-state index in [0.29, 0.717) is 10.1 Å². The largest absolute Gasteiger partial charge is 0.370 e. The number of hydrogen-bond acceptors (Lipinski definition) is 3. The molecule has 0 aromatic heterocycles. The fraction of sp³-hybridized carbons (Fsp3) is 0.417. The van der Waals surface area contributed by atoms with Crippen LogP contribution in [0.2, 0.25) is 5.02 Å². The predicted octanol–water partition coefficient (Wildman–Crippen LogP) is 5.66. The van der Waals surface area contributed by atoms with Gasteiger partial charge >= 0.3 is 0 Å². The molecule has 0 spiro atoms. The second-order valence-corrected chi connectivity index (χ2v) is 9.09. The lowest BCUT2D eigenvalue weighted by molar-refractivity contribution is -0.125. The summed E-state index contributed by atoms with van der Waals surface area (Å²) >= 11 is 12.0. The van der Waals surface area contributed by atoms with Gasteiger partial charge in [0.15, 0.2) is 5.11 Å². The van der Waals surface area contributed by atoms with Crippen LogP contribution in [0.3, 0.4) is 0 Å². The second-order valence-electron chi connectivity index (χ2n) is 8.28. The Morgan fingerprint density at radius 3 is 2.33 bits per heavy atom. The van der Waals surface area contributed by atoms with Crippen LogP contribution in [0.1, 0.15) is 50.5 Å². The zero-order valence-corrected chi connectivity index (χ0v) is 18.7. The van der Waals surface area contributed by atoms with Gasteiger partial charge in [0.05, 0.1) is 16.1 Å². The van der Waals surface area contributed by atoms with Crippen LogP contribution >= 0.6 is 23.8 Å². The van der Waals surface area contributed by atoms with Crippen molar-refractivity contribution in [3.63, 3.8) is 0 Å². The Labute approximate surface area is 189 Å². The lowest BCUT2D eigenvalue weighted by Gasteiger charge is -2.30. The van der Waals surface area contributed by atoms with Crippen molar-refractivity contribution in [1.82, 2.24) is 5.32 Å². The molecule has 0 unspecified atom stereocenters. The van der Waals surface area contributed by atoms with Crippen molar-refractivity contribution in [3.8, 4) is 0 Å². The van der Waals surface area contributed by atoms with E-state index in [4.69, 9.17) is 23.8 Å². The summed E-state index contributed by atoms with van der Waals surface area (Å²) in [5, 5.41) is 7.08. The van der Waals surface area contributed by atoms with Gasteiger partial charge < -0.3 is 15.5 Å². The monoisotopic (exact) mass is 441 g/mol. The van der Waals surface area contributed by atoms with Crippen molar-refractivity contribution in [3.05, 3.63) is 59.1 Å². The van der Waals surface area contributed by atoms with Gasteiger partial charge in [-0.05, 0) is 68.1 Å². The maximum absolute atomic E-state index is 13.2. The number of halogens is 1. The molecule has 30 heavy (non-hydrogen) atoms. The van der Waals surface area contributed by atoms with Gasteiger partial charge in [0.25, 0.3) is 0 Å². The zero-order valence-electron chi connectivity index (χ0n) is 17.1. The second kappa shape index (κ2) is 9.36. The first-order valence-corrected chi connectivity index (χ1v) is 11.6. The maximum Gasteiger partial charge on any atom is 0.236 e. The number of piperidine rings is 1. The molecular weight excluding hydrogens is 414 g/mol. The maximum atomic E-state index is 13.2. The molecule has 0 radical (unpaired) electrons. The molecule has 1 saturated carbocycles. The number of carbonyl (C=O) groups excluding carboxylic acids is 1. The van der Waals surface area contributed by atoms with Gasteiger partial charge in [-0.3, -0.25) is 4.79 Å². The lowest BCUT2D eigenvalue weighted by atomic mass is 9.78. The summed E-state index contributed by atoms with van der Waals surface area (Å²) in [6, 6.07) is 15.9. The molecule has 2 N–H and O–H groups in total. The molecule has 0 bridgehead atoms. The Balaban J connectivity index is 1.43. The highest BCUT2D eigenvalue weighted by atomic mass is 35.5. The number of nitrogens with one attached hydrogen (secondary N) is 2. The summed E-state index contributed by atoms with van der Waals surface area (Å²) in [5.74, 6) is -0.0280. The van der Waals surface area contributed by atoms with Crippen LogP contribution in [0.5, 0.6) is 0 Å². The first-order chi connectivity index (χ1) is 14.6. The number of rotatable bonds is 4. The molecule has 4 nitrogen and oxygen atoms in total. The van der Waals surface area contributed by atoms with Crippen LogP contribution in [-0.2, 0) is 10.2 Å². The Morgan fingerprint density at radius 1 is 0.967 bits per heavy atom. The molecule has 1 amide bonds. The summed E-state index contributed by atoms with van der Waals surface area (Å²) in [4.78, 5) is 15.6. The Kier molecular flexibility index (Phi) is 6.59. The van der Waals surface area contributed by atoms with Crippen molar-refractivity contribution in [2.24, 2.45) is 0 Å².